The van der Waals surface area contributed by atoms with E-state index in [1.54, 1.807) is 22.6 Å². The molecule has 0 amide bonds. The zero-order valence-corrected chi connectivity index (χ0v) is 8.16. The fourth-order valence-electron chi connectivity index (χ4n) is 0.654. The summed E-state index contributed by atoms with van der Waals surface area (Å²) in [6.45, 7) is 0. The van der Waals surface area contributed by atoms with Crippen molar-refractivity contribution in [2.24, 2.45) is 0 Å². The molecule has 1 aromatic heterocycles. The number of aromatic nitrogens is 1. The van der Waals surface area contributed by atoms with E-state index in [9.17, 15) is 20.2 Å². The van der Waals surface area contributed by atoms with Crippen molar-refractivity contribution in [2.45, 2.75) is 0 Å². The molecule has 0 aromatic carbocycles. The van der Waals surface area contributed by atoms with Gasteiger partial charge in [0.05, 0.1) is 15.9 Å². The molecule has 0 unspecified atom stereocenters. The van der Waals surface area contributed by atoms with Crippen molar-refractivity contribution in [2.75, 3.05) is 0 Å². The Kier molecular flexibility index (Phi) is 2.70. The van der Waals surface area contributed by atoms with E-state index in [1.165, 1.54) is 0 Å². The Balaban J connectivity index is 3.27. The van der Waals surface area contributed by atoms with Gasteiger partial charge in [0.15, 0.2) is 3.70 Å². The Labute approximate surface area is 85.2 Å². The second kappa shape index (κ2) is 3.60. The molecule has 0 radical (unpaired) electrons. The molecule has 0 N–H and O–H groups in total. The summed E-state index contributed by atoms with van der Waals surface area (Å²) in [6.07, 6.45) is 0.981. The third-order valence-electron chi connectivity index (χ3n) is 1.21. The van der Waals surface area contributed by atoms with Gasteiger partial charge in [0.25, 0.3) is 5.69 Å². The topological polar surface area (TPSA) is 99.2 Å². The van der Waals surface area contributed by atoms with Crippen LogP contribution in [-0.2, 0) is 0 Å². The molecule has 0 atom stereocenters. The zero-order chi connectivity index (χ0) is 10.0. The standard InChI is InChI=1S/C5H2IN3O4/c6-5-4(9(12)13)1-3(2-7-5)8(10)11/h1-2H. The molecule has 0 aliphatic carbocycles. The summed E-state index contributed by atoms with van der Waals surface area (Å²) in [4.78, 5) is 22.7. The van der Waals surface area contributed by atoms with Gasteiger partial charge in [-0.3, -0.25) is 20.2 Å². The summed E-state index contributed by atoms with van der Waals surface area (Å²) < 4.78 is 0.133. The van der Waals surface area contributed by atoms with Crippen LogP contribution >= 0.6 is 22.6 Å². The maximum atomic E-state index is 10.3. The Morgan fingerprint density at radius 1 is 1.31 bits per heavy atom. The number of hydrogen-bond donors (Lipinski definition) is 0. The smallest absolute Gasteiger partial charge is 0.258 e. The summed E-state index contributed by atoms with van der Waals surface area (Å²) >= 11 is 1.64. The molecule has 0 saturated heterocycles. The maximum absolute atomic E-state index is 10.3. The minimum absolute atomic E-state index is 0.133. The Hall–Kier alpha value is -1.32. The molecule has 1 rings (SSSR count). The second-order valence-electron chi connectivity index (χ2n) is 2.02. The molecule has 7 nitrogen and oxygen atoms in total. The molecule has 8 heteroatoms. The summed E-state index contributed by atoms with van der Waals surface area (Å²) in [6, 6.07) is 0.884. The summed E-state index contributed by atoms with van der Waals surface area (Å²) in [5.41, 5.74) is -0.734. The first-order chi connectivity index (χ1) is 6.02. The van der Waals surface area contributed by atoms with E-state index in [4.69, 9.17) is 0 Å². The van der Waals surface area contributed by atoms with Crippen molar-refractivity contribution in [3.8, 4) is 0 Å². The normalized spacial score (nSPS) is 9.62. The third kappa shape index (κ3) is 2.08. The molecule has 0 aliphatic rings. The first-order valence-electron chi connectivity index (χ1n) is 2.96. The Morgan fingerprint density at radius 2 is 1.92 bits per heavy atom. The van der Waals surface area contributed by atoms with Gasteiger partial charge in [-0.1, -0.05) is 0 Å². The van der Waals surface area contributed by atoms with E-state index in [-0.39, 0.29) is 15.1 Å². The average molecular weight is 295 g/mol. The highest BCUT2D eigenvalue weighted by Gasteiger charge is 2.18. The van der Waals surface area contributed by atoms with Gasteiger partial charge >= 0.3 is 5.69 Å². The molecular formula is C5H2IN3O4. The van der Waals surface area contributed by atoms with E-state index in [2.05, 4.69) is 4.98 Å². The lowest BCUT2D eigenvalue weighted by Gasteiger charge is -1.93. The van der Waals surface area contributed by atoms with E-state index >= 15 is 0 Å². The number of nitro groups is 2. The van der Waals surface area contributed by atoms with Gasteiger partial charge in [-0.25, -0.2) is 4.98 Å². The van der Waals surface area contributed by atoms with E-state index in [0.717, 1.165) is 12.3 Å². The quantitative estimate of drug-likeness (QED) is 0.356. The predicted molar refractivity (Wildman–Crippen MR) is 50.3 cm³/mol. The second-order valence-corrected chi connectivity index (χ2v) is 3.04. The SMILES string of the molecule is O=[N+]([O-])c1cnc(I)c([N+](=O)[O-])c1. The monoisotopic (exact) mass is 295 g/mol. The van der Waals surface area contributed by atoms with Crippen LogP contribution in [0.15, 0.2) is 12.3 Å². The van der Waals surface area contributed by atoms with E-state index in [1.807, 2.05) is 0 Å². The van der Waals surface area contributed by atoms with Crippen molar-refractivity contribution < 1.29 is 9.85 Å². The third-order valence-corrected chi connectivity index (χ3v) is 2.04. The number of rotatable bonds is 2. The number of hydrogen-bond acceptors (Lipinski definition) is 5. The van der Waals surface area contributed by atoms with Crippen LogP contribution in [0.3, 0.4) is 0 Å². The lowest BCUT2D eigenvalue weighted by Crippen LogP contribution is -1.97. The van der Waals surface area contributed by atoms with Crippen LogP contribution in [0.25, 0.3) is 0 Å². The van der Waals surface area contributed by atoms with Gasteiger partial charge in [0.2, 0.25) is 0 Å². The fraction of sp³-hybridized carbons (Fsp3) is 0. The Morgan fingerprint density at radius 3 is 2.38 bits per heavy atom. The highest BCUT2D eigenvalue weighted by Crippen LogP contribution is 2.22. The first-order valence-corrected chi connectivity index (χ1v) is 4.04. The highest BCUT2D eigenvalue weighted by molar-refractivity contribution is 14.1. The maximum Gasteiger partial charge on any atom is 0.307 e. The Bertz CT molecular complexity index is 380. The van der Waals surface area contributed by atoms with E-state index < -0.39 is 9.85 Å². The van der Waals surface area contributed by atoms with Gasteiger partial charge in [-0.05, 0) is 22.6 Å². The summed E-state index contributed by atoms with van der Waals surface area (Å²) in [5, 5.41) is 20.6. The van der Waals surface area contributed by atoms with Gasteiger partial charge < -0.3 is 0 Å². The van der Waals surface area contributed by atoms with Crippen molar-refractivity contribution in [3.63, 3.8) is 0 Å². The van der Waals surface area contributed by atoms with Gasteiger partial charge in [0, 0.05) is 0 Å². The number of nitrogens with zero attached hydrogens (tertiary/aromatic N) is 3. The van der Waals surface area contributed by atoms with Gasteiger partial charge in [-0.2, -0.15) is 0 Å². The first kappa shape index (κ1) is 9.77. The fourth-order valence-corrected chi connectivity index (χ4v) is 1.15. The van der Waals surface area contributed by atoms with Crippen LogP contribution in [0, 0.1) is 23.9 Å². The van der Waals surface area contributed by atoms with Crippen LogP contribution in [-0.4, -0.2) is 14.8 Å². The molecule has 0 bridgehead atoms. The molecule has 1 aromatic rings. The lowest BCUT2D eigenvalue weighted by molar-refractivity contribution is -0.395. The van der Waals surface area contributed by atoms with Crippen LogP contribution in [0.5, 0.6) is 0 Å². The minimum atomic E-state index is -0.726. The molecule has 0 aliphatic heterocycles. The zero-order valence-electron chi connectivity index (χ0n) is 6.01. The molecule has 68 valence electrons. The summed E-state index contributed by atoms with van der Waals surface area (Å²) in [5.74, 6) is 0. The van der Waals surface area contributed by atoms with Crippen molar-refractivity contribution in [1.29, 1.82) is 0 Å². The molecule has 13 heavy (non-hydrogen) atoms. The van der Waals surface area contributed by atoms with Gasteiger partial charge in [-0.15, -0.1) is 0 Å². The largest absolute Gasteiger partial charge is 0.307 e. The predicted octanol–water partition coefficient (Wildman–Crippen LogP) is 1.50. The average Bonchev–Trinajstić information content (AvgIpc) is 2.04. The molecule has 0 saturated carbocycles. The molecule has 0 spiro atoms. The van der Waals surface area contributed by atoms with Gasteiger partial charge in [0.1, 0.15) is 6.20 Å². The van der Waals surface area contributed by atoms with Crippen LogP contribution in [0.2, 0.25) is 0 Å². The molecule has 0 fully saturated rings. The van der Waals surface area contributed by atoms with Crippen LogP contribution < -0.4 is 0 Å². The van der Waals surface area contributed by atoms with Crippen molar-refractivity contribution >= 4 is 34.0 Å². The van der Waals surface area contributed by atoms with Crippen molar-refractivity contribution in [1.82, 2.24) is 4.98 Å². The number of pyridine rings is 1. The molecular weight excluding hydrogens is 293 g/mol. The van der Waals surface area contributed by atoms with Crippen LogP contribution in [0.1, 0.15) is 0 Å². The van der Waals surface area contributed by atoms with Crippen LogP contribution in [0.4, 0.5) is 11.4 Å². The minimum Gasteiger partial charge on any atom is -0.258 e. The summed E-state index contributed by atoms with van der Waals surface area (Å²) in [7, 11) is 0. The van der Waals surface area contributed by atoms with Crippen molar-refractivity contribution in [3.05, 3.63) is 36.2 Å². The van der Waals surface area contributed by atoms with E-state index in [0.29, 0.717) is 0 Å². The molecule has 1 heterocycles. The highest BCUT2D eigenvalue weighted by atomic mass is 127. The number of halogens is 1. The lowest BCUT2D eigenvalue weighted by atomic mass is 10.4.